The monoisotopic (exact) mass is 194 g/mol. The molecule has 0 radical (unpaired) electrons. The molecule has 1 aromatic rings. The van der Waals surface area contributed by atoms with E-state index in [1.807, 2.05) is 18.2 Å². The molecule has 1 aromatic carbocycles. The lowest BCUT2D eigenvalue weighted by molar-refractivity contribution is 0.249. The quantitative estimate of drug-likeness (QED) is 0.774. The highest BCUT2D eigenvalue weighted by atomic mass is 16.5. The molecule has 0 aromatic heterocycles. The minimum absolute atomic E-state index is 0.154. The zero-order chi connectivity index (χ0) is 10.6. The van der Waals surface area contributed by atoms with Crippen molar-refractivity contribution < 1.29 is 9.53 Å². The van der Waals surface area contributed by atoms with Crippen LogP contribution in [-0.4, -0.2) is 27.2 Å². The summed E-state index contributed by atoms with van der Waals surface area (Å²) in [6, 6.07) is 7.17. The third-order valence-electron chi connectivity index (χ3n) is 1.96. The Kier molecular flexibility index (Phi) is 3.34. The third-order valence-corrected chi connectivity index (χ3v) is 1.96. The van der Waals surface area contributed by atoms with Crippen LogP contribution in [0.1, 0.15) is 0 Å². The maximum absolute atomic E-state index is 11.3. The summed E-state index contributed by atoms with van der Waals surface area (Å²) in [5.41, 5.74) is 0.795. The fourth-order valence-electron chi connectivity index (χ4n) is 1.10. The van der Waals surface area contributed by atoms with Gasteiger partial charge in [0.2, 0.25) is 0 Å². The first-order valence-electron chi connectivity index (χ1n) is 4.28. The molecule has 4 nitrogen and oxygen atoms in total. The highest BCUT2D eigenvalue weighted by molar-refractivity contribution is 5.91. The normalized spacial score (nSPS) is 9.36. The topological polar surface area (TPSA) is 41.6 Å². The fourth-order valence-corrected chi connectivity index (χ4v) is 1.10. The van der Waals surface area contributed by atoms with Gasteiger partial charge < -0.3 is 10.1 Å². The lowest BCUT2D eigenvalue weighted by Gasteiger charge is -2.16. The number of amides is 2. The van der Waals surface area contributed by atoms with Crippen molar-refractivity contribution in [2.24, 2.45) is 0 Å². The van der Waals surface area contributed by atoms with Gasteiger partial charge in [0.05, 0.1) is 7.11 Å². The summed E-state index contributed by atoms with van der Waals surface area (Å²) in [5.74, 6) is 0.734. The number of hydrogen-bond acceptors (Lipinski definition) is 2. The molecule has 0 saturated carbocycles. The van der Waals surface area contributed by atoms with Gasteiger partial charge >= 0.3 is 6.03 Å². The number of benzene rings is 1. The van der Waals surface area contributed by atoms with E-state index in [0.717, 1.165) is 11.4 Å². The van der Waals surface area contributed by atoms with Crippen LogP contribution in [0.4, 0.5) is 10.5 Å². The lowest BCUT2D eigenvalue weighted by Crippen LogP contribution is -2.34. The Bertz CT molecular complexity index is 326. The molecule has 0 fully saturated rings. The molecular weight excluding hydrogens is 180 g/mol. The van der Waals surface area contributed by atoms with E-state index in [0.29, 0.717) is 0 Å². The largest absolute Gasteiger partial charge is 0.497 e. The molecule has 0 spiro atoms. The van der Waals surface area contributed by atoms with Crippen LogP contribution in [0.25, 0.3) is 0 Å². The predicted molar refractivity (Wildman–Crippen MR) is 55.9 cm³/mol. The summed E-state index contributed by atoms with van der Waals surface area (Å²) in [6.45, 7) is 0. The van der Waals surface area contributed by atoms with Crippen molar-refractivity contribution in [1.82, 2.24) is 5.32 Å². The Balaban J connectivity index is 2.89. The molecule has 0 aliphatic carbocycles. The zero-order valence-electron chi connectivity index (χ0n) is 8.57. The molecule has 0 aliphatic rings. The van der Waals surface area contributed by atoms with E-state index in [9.17, 15) is 4.79 Å². The molecule has 2 amide bonds. The predicted octanol–water partition coefficient (Wildman–Crippen LogP) is 1.47. The molecule has 0 aliphatic heterocycles. The number of urea groups is 1. The highest BCUT2D eigenvalue weighted by Gasteiger charge is 2.08. The molecular formula is C10H14N2O2. The average molecular weight is 194 g/mol. The van der Waals surface area contributed by atoms with Crippen LogP contribution in [-0.2, 0) is 0 Å². The van der Waals surface area contributed by atoms with E-state index in [1.54, 1.807) is 27.3 Å². The lowest BCUT2D eigenvalue weighted by atomic mass is 10.3. The Morgan fingerprint density at radius 3 is 2.79 bits per heavy atom. The van der Waals surface area contributed by atoms with Crippen molar-refractivity contribution in [1.29, 1.82) is 0 Å². The number of nitrogens with one attached hydrogen (secondary N) is 1. The number of rotatable bonds is 2. The second-order valence-corrected chi connectivity index (χ2v) is 2.82. The van der Waals surface area contributed by atoms with Gasteiger partial charge in [0.15, 0.2) is 0 Å². The molecule has 0 atom stereocenters. The van der Waals surface area contributed by atoms with Gasteiger partial charge in [0.25, 0.3) is 0 Å². The van der Waals surface area contributed by atoms with Crippen LogP contribution >= 0.6 is 0 Å². The zero-order valence-corrected chi connectivity index (χ0v) is 8.57. The minimum Gasteiger partial charge on any atom is -0.497 e. The van der Waals surface area contributed by atoms with Crippen LogP contribution in [0.3, 0.4) is 0 Å². The summed E-state index contributed by atoms with van der Waals surface area (Å²) in [4.78, 5) is 12.8. The SMILES string of the molecule is CNC(=O)N(C)c1cccc(OC)c1. The second kappa shape index (κ2) is 4.50. The van der Waals surface area contributed by atoms with E-state index in [1.165, 1.54) is 4.90 Å². The summed E-state index contributed by atoms with van der Waals surface area (Å²) in [5, 5.41) is 2.55. The van der Waals surface area contributed by atoms with E-state index >= 15 is 0 Å². The molecule has 0 bridgehead atoms. The van der Waals surface area contributed by atoms with Crippen LogP contribution in [0.5, 0.6) is 5.75 Å². The minimum atomic E-state index is -0.154. The van der Waals surface area contributed by atoms with Gasteiger partial charge in [-0.1, -0.05) is 6.07 Å². The number of hydrogen-bond donors (Lipinski definition) is 1. The van der Waals surface area contributed by atoms with Crippen molar-refractivity contribution in [3.8, 4) is 5.75 Å². The van der Waals surface area contributed by atoms with Gasteiger partial charge in [-0.25, -0.2) is 4.79 Å². The van der Waals surface area contributed by atoms with Crippen LogP contribution in [0.15, 0.2) is 24.3 Å². The van der Waals surface area contributed by atoms with Crippen LogP contribution in [0, 0.1) is 0 Å². The molecule has 14 heavy (non-hydrogen) atoms. The number of carbonyl (C=O) groups excluding carboxylic acids is 1. The van der Waals surface area contributed by atoms with E-state index in [2.05, 4.69) is 5.32 Å². The maximum Gasteiger partial charge on any atom is 0.321 e. The van der Waals surface area contributed by atoms with Gasteiger partial charge in [0, 0.05) is 25.8 Å². The van der Waals surface area contributed by atoms with E-state index in [-0.39, 0.29) is 6.03 Å². The number of carbonyl (C=O) groups is 1. The molecule has 76 valence electrons. The van der Waals surface area contributed by atoms with Gasteiger partial charge in [0.1, 0.15) is 5.75 Å². The Labute approximate surface area is 83.5 Å². The van der Waals surface area contributed by atoms with Crippen molar-refractivity contribution in [3.05, 3.63) is 24.3 Å². The molecule has 0 saturated heterocycles. The first-order chi connectivity index (χ1) is 6.69. The Morgan fingerprint density at radius 2 is 2.21 bits per heavy atom. The van der Waals surface area contributed by atoms with Gasteiger partial charge in [-0.05, 0) is 12.1 Å². The van der Waals surface area contributed by atoms with E-state index in [4.69, 9.17) is 4.74 Å². The van der Waals surface area contributed by atoms with E-state index < -0.39 is 0 Å². The number of methoxy groups -OCH3 is 1. The van der Waals surface area contributed by atoms with Crippen molar-refractivity contribution in [2.45, 2.75) is 0 Å². The Hall–Kier alpha value is -1.71. The van der Waals surface area contributed by atoms with Crippen molar-refractivity contribution >= 4 is 11.7 Å². The van der Waals surface area contributed by atoms with Gasteiger partial charge in [-0.2, -0.15) is 0 Å². The summed E-state index contributed by atoms with van der Waals surface area (Å²) >= 11 is 0. The van der Waals surface area contributed by atoms with Crippen LogP contribution < -0.4 is 15.0 Å². The first-order valence-corrected chi connectivity index (χ1v) is 4.28. The highest BCUT2D eigenvalue weighted by Crippen LogP contribution is 2.19. The molecule has 0 unspecified atom stereocenters. The maximum atomic E-state index is 11.3. The fraction of sp³-hybridized carbons (Fsp3) is 0.300. The van der Waals surface area contributed by atoms with Gasteiger partial charge in [-0.3, -0.25) is 4.90 Å². The summed E-state index contributed by atoms with van der Waals surface area (Å²) in [7, 11) is 4.89. The third kappa shape index (κ3) is 2.16. The smallest absolute Gasteiger partial charge is 0.321 e. The van der Waals surface area contributed by atoms with Crippen LogP contribution in [0.2, 0.25) is 0 Å². The van der Waals surface area contributed by atoms with Crippen molar-refractivity contribution in [3.63, 3.8) is 0 Å². The number of ether oxygens (including phenoxy) is 1. The second-order valence-electron chi connectivity index (χ2n) is 2.82. The molecule has 1 N–H and O–H groups in total. The van der Waals surface area contributed by atoms with Crippen molar-refractivity contribution in [2.75, 3.05) is 26.1 Å². The number of nitrogens with zero attached hydrogens (tertiary/aromatic N) is 1. The molecule has 1 rings (SSSR count). The summed E-state index contributed by atoms with van der Waals surface area (Å²) < 4.78 is 5.06. The summed E-state index contributed by atoms with van der Waals surface area (Å²) in [6.07, 6.45) is 0. The molecule has 0 heterocycles. The molecule has 4 heteroatoms. The standard InChI is InChI=1S/C10H14N2O2/c1-11-10(13)12(2)8-5-4-6-9(7-8)14-3/h4-7H,1-3H3,(H,11,13). The first kappa shape index (κ1) is 10.4. The Morgan fingerprint density at radius 1 is 1.50 bits per heavy atom. The number of anilines is 1. The van der Waals surface area contributed by atoms with Gasteiger partial charge in [-0.15, -0.1) is 0 Å². The average Bonchev–Trinajstić information content (AvgIpc) is 2.27.